The van der Waals surface area contributed by atoms with Crippen molar-refractivity contribution in [3.05, 3.63) is 34.9 Å². The third kappa shape index (κ3) is 3.80. The molecular formula is C16H24N2O. The van der Waals surface area contributed by atoms with E-state index in [9.17, 15) is 4.79 Å². The minimum atomic E-state index is 0.104. The van der Waals surface area contributed by atoms with E-state index in [1.165, 1.54) is 17.5 Å². The molecule has 0 spiro atoms. The van der Waals surface area contributed by atoms with Gasteiger partial charge in [-0.15, -0.1) is 0 Å². The first kappa shape index (κ1) is 14.1. The lowest BCUT2D eigenvalue weighted by Crippen LogP contribution is -2.36. The minimum absolute atomic E-state index is 0.104. The van der Waals surface area contributed by atoms with Crippen molar-refractivity contribution >= 4 is 5.91 Å². The quantitative estimate of drug-likeness (QED) is 0.871. The molecule has 0 bridgehead atoms. The molecule has 1 fully saturated rings. The standard InChI is InChI=1S/C16H24N2O/c1-11-6-7-12(2)14(8-11)9-16(19)18-10-13-4-3-5-15(13)17/h6-8,13,15H,3-5,9-10,17H2,1-2H3,(H,18,19). The van der Waals surface area contributed by atoms with Crippen molar-refractivity contribution in [3.8, 4) is 0 Å². The Hall–Kier alpha value is -1.35. The summed E-state index contributed by atoms with van der Waals surface area (Å²) >= 11 is 0. The molecule has 1 aliphatic carbocycles. The number of carbonyl (C=O) groups excluding carboxylic acids is 1. The molecule has 3 N–H and O–H groups in total. The molecule has 0 radical (unpaired) electrons. The van der Waals surface area contributed by atoms with Crippen molar-refractivity contribution in [1.29, 1.82) is 0 Å². The molecule has 0 aromatic heterocycles. The van der Waals surface area contributed by atoms with Crippen molar-refractivity contribution in [3.63, 3.8) is 0 Å². The Bertz CT molecular complexity index is 456. The summed E-state index contributed by atoms with van der Waals surface area (Å²) in [5, 5.41) is 3.03. The highest BCUT2D eigenvalue weighted by Crippen LogP contribution is 2.23. The van der Waals surface area contributed by atoms with Crippen LogP contribution in [-0.4, -0.2) is 18.5 Å². The summed E-state index contributed by atoms with van der Waals surface area (Å²) < 4.78 is 0. The van der Waals surface area contributed by atoms with Crippen LogP contribution in [0.25, 0.3) is 0 Å². The Labute approximate surface area is 115 Å². The molecular weight excluding hydrogens is 236 g/mol. The number of nitrogens with one attached hydrogen (secondary N) is 1. The predicted octanol–water partition coefficient (Wildman–Crippen LogP) is 2.09. The highest BCUT2D eigenvalue weighted by molar-refractivity contribution is 5.79. The summed E-state index contributed by atoms with van der Waals surface area (Å²) in [5.74, 6) is 0.565. The Kier molecular flexibility index (Phi) is 4.59. The fourth-order valence-electron chi connectivity index (χ4n) is 2.79. The Morgan fingerprint density at radius 1 is 1.37 bits per heavy atom. The van der Waals surface area contributed by atoms with Crippen molar-refractivity contribution in [2.45, 2.75) is 45.6 Å². The molecule has 1 aromatic carbocycles. The van der Waals surface area contributed by atoms with Gasteiger partial charge in [-0.3, -0.25) is 4.79 Å². The number of rotatable bonds is 4. The van der Waals surface area contributed by atoms with Crippen LogP contribution in [0, 0.1) is 19.8 Å². The lowest BCUT2D eigenvalue weighted by Gasteiger charge is -2.16. The summed E-state index contributed by atoms with van der Waals surface area (Å²) in [6.45, 7) is 4.83. The van der Waals surface area contributed by atoms with E-state index in [1.54, 1.807) is 0 Å². The molecule has 1 amide bonds. The highest BCUT2D eigenvalue weighted by Gasteiger charge is 2.23. The smallest absolute Gasteiger partial charge is 0.224 e. The topological polar surface area (TPSA) is 55.1 Å². The number of benzene rings is 1. The Balaban J connectivity index is 1.85. The number of nitrogens with two attached hydrogens (primary N) is 1. The predicted molar refractivity (Wildman–Crippen MR) is 77.9 cm³/mol. The van der Waals surface area contributed by atoms with E-state index in [0.717, 1.165) is 24.9 Å². The van der Waals surface area contributed by atoms with Crippen molar-refractivity contribution in [2.24, 2.45) is 11.7 Å². The first-order valence-corrected chi connectivity index (χ1v) is 7.14. The van der Waals surface area contributed by atoms with E-state index in [0.29, 0.717) is 12.3 Å². The van der Waals surface area contributed by atoms with E-state index >= 15 is 0 Å². The maximum atomic E-state index is 12.0. The van der Waals surface area contributed by atoms with Gasteiger partial charge in [0.1, 0.15) is 0 Å². The molecule has 104 valence electrons. The second-order valence-electron chi connectivity index (χ2n) is 5.77. The van der Waals surface area contributed by atoms with E-state index in [4.69, 9.17) is 5.73 Å². The minimum Gasteiger partial charge on any atom is -0.355 e. The lowest BCUT2D eigenvalue weighted by atomic mass is 10.0. The molecule has 0 heterocycles. The number of carbonyl (C=O) groups is 1. The largest absolute Gasteiger partial charge is 0.355 e. The van der Waals surface area contributed by atoms with Gasteiger partial charge in [0.05, 0.1) is 6.42 Å². The second kappa shape index (κ2) is 6.20. The number of aryl methyl sites for hydroxylation is 2. The van der Waals surface area contributed by atoms with Crippen LogP contribution in [0.2, 0.25) is 0 Å². The number of hydrogen-bond acceptors (Lipinski definition) is 2. The molecule has 19 heavy (non-hydrogen) atoms. The molecule has 2 unspecified atom stereocenters. The third-order valence-corrected chi connectivity index (χ3v) is 4.13. The average Bonchev–Trinajstić information content (AvgIpc) is 2.77. The normalized spacial score (nSPS) is 22.5. The monoisotopic (exact) mass is 260 g/mol. The first-order chi connectivity index (χ1) is 9.06. The van der Waals surface area contributed by atoms with Crippen LogP contribution in [0.3, 0.4) is 0 Å². The second-order valence-corrected chi connectivity index (χ2v) is 5.77. The van der Waals surface area contributed by atoms with Gasteiger partial charge in [-0.25, -0.2) is 0 Å². The van der Waals surface area contributed by atoms with Crippen LogP contribution in [0.5, 0.6) is 0 Å². The van der Waals surface area contributed by atoms with Crippen molar-refractivity contribution in [2.75, 3.05) is 6.54 Å². The third-order valence-electron chi connectivity index (χ3n) is 4.13. The van der Waals surface area contributed by atoms with E-state index in [1.807, 2.05) is 0 Å². The van der Waals surface area contributed by atoms with Gasteiger partial charge in [-0.2, -0.15) is 0 Å². The SMILES string of the molecule is Cc1ccc(C)c(CC(=O)NCC2CCCC2N)c1. The summed E-state index contributed by atoms with van der Waals surface area (Å²) in [4.78, 5) is 12.0. The maximum absolute atomic E-state index is 12.0. The average molecular weight is 260 g/mol. The zero-order chi connectivity index (χ0) is 13.8. The highest BCUT2D eigenvalue weighted by atomic mass is 16.1. The fraction of sp³-hybridized carbons (Fsp3) is 0.562. The zero-order valence-electron chi connectivity index (χ0n) is 11.9. The van der Waals surface area contributed by atoms with Gasteiger partial charge < -0.3 is 11.1 Å². The van der Waals surface area contributed by atoms with Crippen LogP contribution < -0.4 is 11.1 Å². The number of hydrogen-bond donors (Lipinski definition) is 2. The van der Waals surface area contributed by atoms with Crippen LogP contribution in [0.15, 0.2) is 18.2 Å². The van der Waals surface area contributed by atoms with Crippen LogP contribution in [-0.2, 0) is 11.2 Å². The van der Waals surface area contributed by atoms with Gasteiger partial charge >= 0.3 is 0 Å². The summed E-state index contributed by atoms with van der Waals surface area (Å²) in [6.07, 6.45) is 3.90. The Morgan fingerprint density at radius 2 is 2.16 bits per heavy atom. The van der Waals surface area contributed by atoms with Crippen LogP contribution in [0.4, 0.5) is 0 Å². The summed E-state index contributed by atoms with van der Waals surface area (Å²) in [5.41, 5.74) is 9.51. The van der Waals surface area contributed by atoms with Gasteiger partial charge in [0.25, 0.3) is 0 Å². The zero-order valence-corrected chi connectivity index (χ0v) is 11.9. The lowest BCUT2D eigenvalue weighted by molar-refractivity contribution is -0.120. The first-order valence-electron chi connectivity index (χ1n) is 7.14. The van der Waals surface area contributed by atoms with Crippen molar-refractivity contribution in [1.82, 2.24) is 5.32 Å². The number of amides is 1. The van der Waals surface area contributed by atoms with Gasteiger partial charge in [0, 0.05) is 12.6 Å². The van der Waals surface area contributed by atoms with E-state index in [-0.39, 0.29) is 11.9 Å². The molecule has 3 nitrogen and oxygen atoms in total. The summed E-state index contributed by atoms with van der Waals surface area (Å²) in [7, 11) is 0. The van der Waals surface area contributed by atoms with E-state index in [2.05, 4.69) is 37.4 Å². The van der Waals surface area contributed by atoms with Crippen LogP contribution in [0.1, 0.15) is 36.0 Å². The molecule has 1 saturated carbocycles. The molecule has 3 heteroatoms. The molecule has 0 saturated heterocycles. The van der Waals surface area contributed by atoms with Crippen molar-refractivity contribution < 1.29 is 4.79 Å². The molecule has 0 aliphatic heterocycles. The molecule has 2 rings (SSSR count). The van der Waals surface area contributed by atoms with E-state index < -0.39 is 0 Å². The molecule has 1 aliphatic rings. The maximum Gasteiger partial charge on any atom is 0.224 e. The van der Waals surface area contributed by atoms with Crippen LogP contribution >= 0.6 is 0 Å². The molecule has 1 aromatic rings. The summed E-state index contributed by atoms with van der Waals surface area (Å²) in [6, 6.07) is 6.51. The Morgan fingerprint density at radius 3 is 2.84 bits per heavy atom. The van der Waals surface area contributed by atoms with Gasteiger partial charge in [0.15, 0.2) is 0 Å². The van der Waals surface area contributed by atoms with Gasteiger partial charge in [-0.1, -0.05) is 30.2 Å². The van der Waals surface area contributed by atoms with Gasteiger partial charge in [-0.05, 0) is 43.7 Å². The molecule has 2 atom stereocenters. The van der Waals surface area contributed by atoms with Gasteiger partial charge in [0.2, 0.25) is 5.91 Å². The fourth-order valence-corrected chi connectivity index (χ4v) is 2.79.